The number of imidazole rings is 1. The Bertz CT molecular complexity index is 552. The first-order valence-corrected chi connectivity index (χ1v) is 6.97. The molecule has 0 aromatic carbocycles. The van der Waals surface area contributed by atoms with Gasteiger partial charge in [0, 0.05) is 25.4 Å². The topological polar surface area (TPSA) is 64.9 Å². The fourth-order valence-corrected chi connectivity index (χ4v) is 2.03. The van der Waals surface area contributed by atoms with Gasteiger partial charge in [0.15, 0.2) is 11.6 Å². The number of nitrogens with one attached hydrogen (secondary N) is 1. The number of ether oxygens (including phenoxy) is 1. The number of hydrogen-bond acceptors (Lipinski definition) is 5. The standard InChI is InChI=1S/C14H21N5O/c1-4-6-11-15-8-9-19(11)14-12(20-3)13(16-7-5-2)17-10-18-14/h8-10H,4-7H2,1-3H3,(H,16,17,18). The summed E-state index contributed by atoms with van der Waals surface area (Å²) in [7, 11) is 1.63. The SMILES string of the molecule is CCCNc1ncnc(-n2ccnc2CCC)c1OC. The van der Waals surface area contributed by atoms with Crippen molar-refractivity contribution in [3.8, 4) is 11.6 Å². The van der Waals surface area contributed by atoms with Gasteiger partial charge < -0.3 is 10.1 Å². The molecular formula is C14H21N5O. The summed E-state index contributed by atoms with van der Waals surface area (Å²) in [5, 5.41) is 3.26. The number of nitrogens with zero attached hydrogens (tertiary/aromatic N) is 4. The number of rotatable bonds is 7. The van der Waals surface area contributed by atoms with Crippen molar-refractivity contribution in [1.29, 1.82) is 0 Å². The zero-order valence-corrected chi connectivity index (χ0v) is 12.3. The summed E-state index contributed by atoms with van der Waals surface area (Å²) in [4.78, 5) is 13.0. The van der Waals surface area contributed by atoms with Crippen molar-refractivity contribution in [3.63, 3.8) is 0 Å². The largest absolute Gasteiger partial charge is 0.490 e. The van der Waals surface area contributed by atoms with E-state index >= 15 is 0 Å². The van der Waals surface area contributed by atoms with Gasteiger partial charge in [-0.25, -0.2) is 15.0 Å². The van der Waals surface area contributed by atoms with Crippen molar-refractivity contribution >= 4 is 5.82 Å². The van der Waals surface area contributed by atoms with Crippen LogP contribution in [0.5, 0.6) is 5.75 Å². The molecule has 0 bridgehead atoms. The van der Waals surface area contributed by atoms with Gasteiger partial charge >= 0.3 is 0 Å². The van der Waals surface area contributed by atoms with Crippen LogP contribution >= 0.6 is 0 Å². The molecule has 0 aliphatic rings. The Morgan fingerprint density at radius 1 is 1.20 bits per heavy atom. The molecule has 108 valence electrons. The molecule has 2 rings (SSSR count). The summed E-state index contributed by atoms with van der Waals surface area (Å²) in [5.74, 6) is 3.07. The first-order chi connectivity index (χ1) is 9.81. The van der Waals surface area contributed by atoms with Crippen molar-refractivity contribution in [2.24, 2.45) is 0 Å². The summed E-state index contributed by atoms with van der Waals surface area (Å²) >= 11 is 0. The van der Waals surface area contributed by atoms with E-state index in [0.717, 1.165) is 43.3 Å². The highest BCUT2D eigenvalue weighted by Crippen LogP contribution is 2.28. The van der Waals surface area contributed by atoms with Crippen molar-refractivity contribution in [2.75, 3.05) is 19.0 Å². The molecule has 0 spiro atoms. The number of hydrogen-bond donors (Lipinski definition) is 1. The average Bonchev–Trinajstić information content (AvgIpc) is 2.93. The van der Waals surface area contributed by atoms with Crippen LogP contribution in [0.1, 0.15) is 32.5 Å². The lowest BCUT2D eigenvalue weighted by Crippen LogP contribution is -2.10. The van der Waals surface area contributed by atoms with Crippen molar-refractivity contribution in [1.82, 2.24) is 19.5 Å². The van der Waals surface area contributed by atoms with Crippen LogP contribution in [0.3, 0.4) is 0 Å². The van der Waals surface area contributed by atoms with Gasteiger partial charge in [0.1, 0.15) is 12.2 Å². The summed E-state index contributed by atoms with van der Waals surface area (Å²) in [6.07, 6.45) is 8.19. The van der Waals surface area contributed by atoms with Crippen molar-refractivity contribution in [2.45, 2.75) is 33.1 Å². The van der Waals surface area contributed by atoms with Gasteiger partial charge in [0.05, 0.1) is 7.11 Å². The minimum atomic E-state index is 0.649. The predicted octanol–water partition coefficient (Wildman–Crippen LogP) is 2.45. The van der Waals surface area contributed by atoms with E-state index in [2.05, 4.69) is 34.1 Å². The first-order valence-electron chi connectivity index (χ1n) is 6.97. The maximum Gasteiger partial charge on any atom is 0.205 e. The molecule has 0 saturated carbocycles. The molecular weight excluding hydrogens is 254 g/mol. The molecule has 0 amide bonds. The molecule has 1 N–H and O–H groups in total. The van der Waals surface area contributed by atoms with Crippen LogP contribution in [-0.2, 0) is 6.42 Å². The van der Waals surface area contributed by atoms with E-state index in [1.807, 2.05) is 10.8 Å². The third kappa shape index (κ3) is 2.89. The molecule has 0 saturated heterocycles. The second kappa shape index (κ2) is 6.88. The van der Waals surface area contributed by atoms with E-state index < -0.39 is 0 Å². The van der Waals surface area contributed by atoms with Gasteiger partial charge in [0.25, 0.3) is 0 Å². The average molecular weight is 275 g/mol. The lowest BCUT2D eigenvalue weighted by Gasteiger charge is -2.14. The molecule has 0 aliphatic carbocycles. The Labute approximate surface area is 119 Å². The fourth-order valence-electron chi connectivity index (χ4n) is 2.03. The van der Waals surface area contributed by atoms with Crippen LogP contribution < -0.4 is 10.1 Å². The van der Waals surface area contributed by atoms with Crippen molar-refractivity contribution in [3.05, 3.63) is 24.5 Å². The second-order valence-corrected chi connectivity index (χ2v) is 4.47. The number of aromatic nitrogens is 4. The summed E-state index contributed by atoms with van der Waals surface area (Å²) < 4.78 is 7.45. The van der Waals surface area contributed by atoms with Crippen LogP contribution in [0.25, 0.3) is 5.82 Å². The number of aryl methyl sites for hydroxylation is 1. The third-order valence-electron chi connectivity index (χ3n) is 2.95. The van der Waals surface area contributed by atoms with Gasteiger partial charge in [0.2, 0.25) is 5.75 Å². The Hall–Kier alpha value is -2.11. The molecule has 6 heteroatoms. The normalized spacial score (nSPS) is 10.6. The van der Waals surface area contributed by atoms with Gasteiger partial charge in [-0.1, -0.05) is 13.8 Å². The molecule has 2 aromatic rings. The van der Waals surface area contributed by atoms with E-state index in [1.165, 1.54) is 0 Å². The lowest BCUT2D eigenvalue weighted by atomic mass is 10.3. The first kappa shape index (κ1) is 14.3. The van der Waals surface area contributed by atoms with Crippen molar-refractivity contribution < 1.29 is 4.74 Å². The lowest BCUT2D eigenvalue weighted by molar-refractivity contribution is 0.410. The highest BCUT2D eigenvalue weighted by atomic mass is 16.5. The molecule has 20 heavy (non-hydrogen) atoms. The Balaban J connectivity index is 2.42. The van der Waals surface area contributed by atoms with Gasteiger partial charge in [-0.2, -0.15) is 0 Å². The van der Waals surface area contributed by atoms with Crippen LogP contribution in [0.15, 0.2) is 18.7 Å². The molecule has 0 unspecified atom stereocenters. The predicted molar refractivity (Wildman–Crippen MR) is 78.5 cm³/mol. The van der Waals surface area contributed by atoms with Gasteiger partial charge in [-0.3, -0.25) is 4.57 Å². The summed E-state index contributed by atoms with van der Waals surface area (Å²) in [6.45, 7) is 5.08. The van der Waals surface area contributed by atoms with E-state index in [-0.39, 0.29) is 0 Å². The highest BCUT2D eigenvalue weighted by Gasteiger charge is 2.15. The van der Waals surface area contributed by atoms with Gasteiger partial charge in [-0.15, -0.1) is 0 Å². The van der Waals surface area contributed by atoms with Crippen LogP contribution in [0.4, 0.5) is 5.82 Å². The monoisotopic (exact) mass is 275 g/mol. The quantitative estimate of drug-likeness (QED) is 0.840. The minimum Gasteiger partial charge on any atom is -0.490 e. The minimum absolute atomic E-state index is 0.649. The van der Waals surface area contributed by atoms with Crippen LogP contribution in [0.2, 0.25) is 0 Å². The number of methoxy groups -OCH3 is 1. The summed E-state index contributed by atoms with van der Waals surface area (Å²) in [5.41, 5.74) is 0. The smallest absolute Gasteiger partial charge is 0.205 e. The molecule has 0 fully saturated rings. The van der Waals surface area contributed by atoms with Gasteiger partial charge in [-0.05, 0) is 12.8 Å². The Kier molecular flexibility index (Phi) is 4.92. The molecule has 0 aliphatic heterocycles. The van der Waals surface area contributed by atoms with E-state index in [4.69, 9.17) is 4.74 Å². The zero-order valence-electron chi connectivity index (χ0n) is 12.3. The maximum absolute atomic E-state index is 5.49. The van der Waals surface area contributed by atoms with E-state index in [1.54, 1.807) is 19.6 Å². The molecule has 0 radical (unpaired) electrons. The van der Waals surface area contributed by atoms with Crippen LogP contribution in [-0.4, -0.2) is 33.2 Å². The summed E-state index contributed by atoms with van der Waals surface area (Å²) in [6, 6.07) is 0. The Morgan fingerprint density at radius 3 is 2.75 bits per heavy atom. The molecule has 2 aromatic heterocycles. The maximum atomic E-state index is 5.49. The van der Waals surface area contributed by atoms with E-state index in [9.17, 15) is 0 Å². The fraction of sp³-hybridized carbons (Fsp3) is 0.500. The second-order valence-electron chi connectivity index (χ2n) is 4.47. The highest BCUT2D eigenvalue weighted by molar-refractivity contribution is 5.58. The zero-order chi connectivity index (χ0) is 14.4. The third-order valence-corrected chi connectivity index (χ3v) is 2.95. The molecule has 6 nitrogen and oxygen atoms in total. The molecule has 0 atom stereocenters. The van der Waals surface area contributed by atoms with E-state index in [0.29, 0.717) is 5.75 Å². The Morgan fingerprint density at radius 2 is 2.05 bits per heavy atom. The number of anilines is 1. The molecule has 2 heterocycles. The van der Waals surface area contributed by atoms with Crippen LogP contribution in [0, 0.1) is 0 Å².